The van der Waals surface area contributed by atoms with Gasteiger partial charge in [-0.3, -0.25) is 4.79 Å². The highest BCUT2D eigenvalue weighted by atomic mass is 16.2. The van der Waals surface area contributed by atoms with Crippen LogP contribution in [-0.4, -0.2) is 19.0 Å². The van der Waals surface area contributed by atoms with E-state index in [-0.39, 0.29) is 5.91 Å². The number of rotatable bonds is 3. The number of amides is 1. The number of hydrogen-bond acceptors (Lipinski definition) is 2. The second kappa shape index (κ2) is 4.77. The summed E-state index contributed by atoms with van der Waals surface area (Å²) in [4.78, 5) is 11.1. The molecule has 0 radical (unpaired) electrons. The summed E-state index contributed by atoms with van der Waals surface area (Å²) in [6, 6.07) is 7.58. The number of nitrogens with two attached hydrogens (primary N) is 1. The molecule has 1 amide bonds. The molecule has 0 aliphatic carbocycles. The first-order valence-electron chi connectivity index (χ1n) is 4.66. The van der Waals surface area contributed by atoms with Crippen molar-refractivity contribution in [3.8, 4) is 0 Å². The van der Waals surface area contributed by atoms with Crippen molar-refractivity contribution in [3.05, 3.63) is 35.4 Å². The quantitative estimate of drug-likeness (QED) is 0.737. The van der Waals surface area contributed by atoms with Crippen LogP contribution >= 0.6 is 0 Å². The van der Waals surface area contributed by atoms with Crippen LogP contribution in [0.5, 0.6) is 0 Å². The molecule has 3 heteroatoms. The Balaban J connectivity index is 2.60. The monoisotopic (exact) mass is 192 g/mol. The molecule has 1 rings (SSSR count). The fourth-order valence-corrected chi connectivity index (χ4v) is 1.26. The lowest BCUT2D eigenvalue weighted by molar-refractivity contribution is -0.121. The van der Waals surface area contributed by atoms with E-state index in [0.29, 0.717) is 6.42 Å². The summed E-state index contributed by atoms with van der Waals surface area (Å²) in [5.74, 6) is -0.120. The lowest BCUT2D eigenvalue weighted by atomic mass is 10.0. The minimum atomic E-state index is -0.456. The van der Waals surface area contributed by atoms with Crippen LogP contribution in [0.2, 0.25) is 0 Å². The van der Waals surface area contributed by atoms with Gasteiger partial charge in [-0.1, -0.05) is 29.8 Å². The number of carbonyl (C=O) groups excluding carboxylic acids is 1. The highest BCUT2D eigenvalue weighted by Crippen LogP contribution is 2.05. The van der Waals surface area contributed by atoms with E-state index in [1.165, 1.54) is 5.56 Å². The summed E-state index contributed by atoms with van der Waals surface area (Å²) in [6.07, 6.45) is 0.583. The van der Waals surface area contributed by atoms with E-state index in [2.05, 4.69) is 5.32 Å². The van der Waals surface area contributed by atoms with E-state index in [9.17, 15) is 4.79 Å². The van der Waals surface area contributed by atoms with Crippen LogP contribution in [0, 0.1) is 6.92 Å². The largest absolute Gasteiger partial charge is 0.358 e. The molecule has 0 aliphatic rings. The molecule has 1 atom stereocenters. The molecule has 0 heterocycles. The zero-order valence-corrected chi connectivity index (χ0v) is 8.58. The summed E-state index contributed by atoms with van der Waals surface area (Å²) in [7, 11) is 1.59. The Morgan fingerprint density at radius 2 is 2.00 bits per heavy atom. The van der Waals surface area contributed by atoms with Gasteiger partial charge in [0, 0.05) is 7.05 Å². The fraction of sp³-hybridized carbons (Fsp3) is 0.364. The number of nitrogens with one attached hydrogen (secondary N) is 1. The van der Waals surface area contributed by atoms with Crippen molar-refractivity contribution in [2.24, 2.45) is 5.73 Å². The molecule has 0 saturated carbocycles. The van der Waals surface area contributed by atoms with Gasteiger partial charge in [0.05, 0.1) is 6.04 Å². The minimum Gasteiger partial charge on any atom is -0.358 e. The zero-order chi connectivity index (χ0) is 10.6. The van der Waals surface area contributed by atoms with Gasteiger partial charge in [-0.05, 0) is 18.9 Å². The molecule has 0 spiro atoms. The van der Waals surface area contributed by atoms with Gasteiger partial charge in [0.25, 0.3) is 0 Å². The van der Waals surface area contributed by atoms with Gasteiger partial charge in [0.15, 0.2) is 0 Å². The molecular formula is C11H16N2O. The first-order chi connectivity index (χ1) is 6.63. The summed E-state index contributed by atoms with van der Waals surface area (Å²) < 4.78 is 0. The van der Waals surface area contributed by atoms with Crippen molar-refractivity contribution in [2.75, 3.05) is 7.05 Å². The normalized spacial score (nSPS) is 12.2. The Bertz CT molecular complexity index is 306. The molecule has 0 bridgehead atoms. The lowest BCUT2D eigenvalue weighted by Crippen LogP contribution is -2.40. The smallest absolute Gasteiger partial charge is 0.237 e. The molecule has 1 unspecified atom stereocenters. The Morgan fingerprint density at radius 3 is 2.50 bits per heavy atom. The van der Waals surface area contributed by atoms with Crippen LogP contribution in [0.4, 0.5) is 0 Å². The predicted octanol–water partition coefficient (Wildman–Crippen LogP) is 0.611. The average Bonchev–Trinajstić information content (AvgIpc) is 2.20. The summed E-state index contributed by atoms with van der Waals surface area (Å²) in [6.45, 7) is 2.03. The third-order valence-electron chi connectivity index (χ3n) is 2.16. The standard InChI is InChI=1S/C11H16N2O/c1-8-3-5-9(6-4-8)7-10(12)11(14)13-2/h3-6,10H,7,12H2,1-2H3,(H,13,14). The van der Waals surface area contributed by atoms with Gasteiger partial charge in [0.1, 0.15) is 0 Å². The predicted molar refractivity (Wildman–Crippen MR) is 56.9 cm³/mol. The molecule has 76 valence electrons. The van der Waals surface area contributed by atoms with Gasteiger partial charge in [-0.15, -0.1) is 0 Å². The minimum absolute atomic E-state index is 0.120. The number of likely N-dealkylation sites (N-methyl/N-ethyl adjacent to an activating group) is 1. The van der Waals surface area contributed by atoms with Gasteiger partial charge in [-0.2, -0.15) is 0 Å². The highest BCUT2D eigenvalue weighted by Gasteiger charge is 2.11. The maximum absolute atomic E-state index is 11.1. The molecule has 0 fully saturated rings. The summed E-state index contributed by atoms with van der Waals surface area (Å²) in [5, 5.41) is 2.53. The average molecular weight is 192 g/mol. The molecule has 3 N–H and O–H groups in total. The summed E-state index contributed by atoms with van der Waals surface area (Å²) >= 11 is 0. The highest BCUT2D eigenvalue weighted by molar-refractivity contribution is 5.81. The molecular weight excluding hydrogens is 176 g/mol. The Hall–Kier alpha value is -1.35. The van der Waals surface area contributed by atoms with Crippen molar-refractivity contribution in [2.45, 2.75) is 19.4 Å². The Kier molecular flexibility index (Phi) is 3.65. The van der Waals surface area contributed by atoms with Crippen molar-refractivity contribution < 1.29 is 4.79 Å². The van der Waals surface area contributed by atoms with Gasteiger partial charge in [0.2, 0.25) is 5.91 Å². The van der Waals surface area contributed by atoms with Crippen LogP contribution in [0.3, 0.4) is 0 Å². The van der Waals surface area contributed by atoms with E-state index in [4.69, 9.17) is 5.73 Å². The molecule has 1 aromatic carbocycles. The van der Waals surface area contributed by atoms with Crippen LogP contribution in [0.15, 0.2) is 24.3 Å². The molecule has 1 aromatic rings. The topological polar surface area (TPSA) is 55.1 Å². The second-order valence-corrected chi connectivity index (χ2v) is 3.41. The van der Waals surface area contributed by atoms with Crippen molar-refractivity contribution in [1.82, 2.24) is 5.32 Å². The number of hydrogen-bond donors (Lipinski definition) is 2. The second-order valence-electron chi connectivity index (χ2n) is 3.41. The maximum atomic E-state index is 11.1. The SMILES string of the molecule is CNC(=O)C(N)Cc1ccc(C)cc1. The zero-order valence-electron chi connectivity index (χ0n) is 8.58. The molecule has 14 heavy (non-hydrogen) atoms. The van der Waals surface area contributed by atoms with Crippen LogP contribution < -0.4 is 11.1 Å². The van der Waals surface area contributed by atoms with Crippen molar-refractivity contribution in [3.63, 3.8) is 0 Å². The summed E-state index contributed by atoms with van der Waals surface area (Å²) in [5.41, 5.74) is 7.99. The third kappa shape index (κ3) is 2.85. The van der Waals surface area contributed by atoms with Gasteiger partial charge in [-0.25, -0.2) is 0 Å². The first kappa shape index (κ1) is 10.7. The molecule has 0 saturated heterocycles. The first-order valence-corrected chi connectivity index (χ1v) is 4.66. The molecule has 0 aliphatic heterocycles. The molecule has 0 aromatic heterocycles. The van der Waals surface area contributed by atoms with Crippen LogP contribution in [-0.2, 0) is 11.2 Å². The van der Waals surface area contributed by atoms with Gasteiger partial charge < -0.3 is 11.1 Å². The van der Waals surface area contributed by atoms with E-state index in [1.807, 2.05) is 31.2 Å². The van der Waals surface area contributed by atoms with Crippen molar-refractivity contribution in [1.29, 1.82) is 0 Å². The number of aryl methyl sites for hydroxylation is 1. The van der Waals surface area contributed by atoms with E-state index < -0.39 is 6.04 Å². The Morgan fingerprint density at radius 1 is 1.43 bits per heavy atom. The Labute approximate surface area is 84.3 Å². The molecule has 3 nitrogen and oxygen atoms in total. The number of benzene rings is 1. The van der Waals surface area contributed by atoms with E-state index >= 15 is 0 Å². The van der Waals surface area contributed by atoms with Crippen LogP contribution in [0.25, 0.3) is 0 Å². The van der Waals surface area contributed by atoms with Crippen molar-refractivity contribution >= 4 is 5.91 Å². The van der Waals surface area contributed by atoms with Crippen LogP contribution in [0.1, 0.15) is 11.1 Å². The van der Waals surface area contributed by atoms with Gasteiger partial charge >= 0.3 is 0 Å². The third-order valence-corrected chi connectivity index (χ3v) is 2.16. The van der Waals surface area contributed by atoms with E-state index in [0.717, 1.165) is 5.56 Å². The lowest BCUT2D eigenvalue weighted by Gasteiger charge is -2.09. The fourth-order valence-electron chi connectivity index (χ4n) is 1.26. The van der Waals surface area contributed by atoms with E-state index in [1.54, 1.807) is 7.05 Å². The maximum Gasteiger partial charge on any atom is 0.237 e. The number of carbonyl (C=O) groups is 1.